The van der Waals surface area contributed by atoms with Gasteiger partial charge < -0.3 is 5.32 Å². The zero-order valence-corrected chi connectivity index (χ0v) is 12.8. The molecule has 1 saturated carbocycles. The number of nitrogens with zero attached hydrogens (tertiary/aromatic N) is 1. The van der Waals surface area contributed by atoms with Crippen LogP contribution in [0.15, 0.2) is 12.1 Å². The van der Waals surface area contributed by atoms with Crippen molar-refractivity contribution in [3.8, 4) is 0 Å². The maximum absolute atomic E-state index is 3.24. The van der Waals surface area contributed by atoms with Crippen LogP contribution in [-0.4, -0.2) is 24.5 Å². The number of rotatable bonds is 4. The first-order valence-corrected chi connectivity index (χ1v) is 8.64. The highest BCUT2D eigenvalue weighted by Crippen LogP contribution is 2.36. The number of piperidine rings is 1. The minimum Gasteiger partial charge on any atom is -0.315 e. The van der Waals surface area contributed by atoms with E-state index in [1.807, 2.05) is 18.4 Å². The fraction of sp³-hybridized carbons (Fsp3) is 0.750. The lowest BCUT2D eigenvalue weighted by atomic mass is 9.78. The Morgan fingerprint density at radius 1 is 1.16 bits per heavy atom. The Balaban J connectivity index is 1.63. The number of likely N-dealkylation sites (tertiary alicyclic amines) is 1. The fourth-order valence-electron chi connectivity index (χ4n) is 3.90. The minimum absolute atomic E-state index is 0.886. The van der Waals surface area contributed by atoms with Crippen LogP contribution in [0.1, 0.15) is 48.3 Å². The summed E-state index contributed by atoms with van der Waals surface area (Å²) in [5.74, 6) is 0.999. The molecule has 2 nitrogen and oxygen atoms in total. The van der Waals surface area contributed by atoms with Gasteiger partial charge in [-0.3, -0.25) is 4.90 Å². The Hall–Kier alpha value is -0.380. The Labute approximate surface area is 121 Å². The molecule has 1 aromatic rings. The van der Waals surface area contributed by atoms with Gasteiger partial charge in [-0.1, -0.05) is 12.8 Å². The summed E-state index contributed by atoms with van der Waals surface area (Å²) >= 11 is 1.99. The summed E-state index contributed by atoms with van der Waals surface area (Å²) in [5.41, 5.74) is 0. The second-order valence-electron chi connectivity index (χ2n) is 6.12. The summed E-state index contributed by atoms with van der Waals surface area (Å²) in [4.78, 5) is 5.80. The van der Waals surface area contributed by atoms with Crippen LogP contribution in [0.4, 0.5) is 0 Å². The van der Waals surface area contributed by atoms with Crippen LogP contribution in [0, 0.1) is 5.92 Å². The van der Waals surface area contributed by atoms with E-state index in [4.69, 9.17) is 0 Å². The number of thiophene rings is 1. The number of hydrogen-bond donors (Lipinski definition) is 1. The van der Waals surface area contributed by atoms with E-state index < -0.39 is 0 Å². The molecule has 1 N–H and O–H groups in total. The maximum Gasteiger partial charge on any atom is 0.0331 e. The predicted molar refractivity (Wildman–Crippen MR) is 82.5 cm³/mol. The molecule has 0 unspecified atom stereocenters. The molecule has 3 heteroatoms. The Kier molecular flexibility index (Phi) is 4.57. The Bertz CT molecular complexity index is 399. The molecule has 0 bridgehead atoms. The third-order valence-corrected chi connectivity index (χ3v) is 5.86. The van der Waals surface area contributed by atoms with Crippen molar-refractivity contribution >= 4 is 11.3 Å². The Morgan fingerprint density at radius 2 is 1.95 bits per heavy atom. The van der Waals surface area contributed by atoms with Gasteiger partial charge in [0.2, 0.25) is 0 Å². The molecule has 1 aliphatic heterocycles. The number of hydrogen-bond acceptors (Lipinski definition) is 3. The third kappa shape index (κ3) is 3.21. The van der Waals surface area contributed by atoms with E-state index in [1.54, 1.807) is 4.88 Å². The van der Waals surface area contributed by atoms with E-state index in [1.165, 1.54) is 56.5 Å². The lowest BCUT2D eigenvalue weighted by Crippen LogP contribution is -2.46. The SMILES string of the molecule is CNCc1ccc(CN2CCC[C@H]3CCCC[C@H]32)s1. The molecule has 1 aromatic heterocycles. The standard InChI is InChI=1S/C16H26N2S/c1-17-11-14-8-9-15(19-14)12-18-10-4-6-13-5-2-3-7-16(13)18/h8-9,13,16-17H,2-7,10-12H2,1H3/t13-,16-/m1/s1. The van der Waals surface area contributed by atoms with Crippen molar-refractivity contribution in [2.45, 2.75) is 57.7 Å². The van der Waals surface area contributed by atoms with E-state index in [9.17, 15) is 0 Å². The number of nitrogens with one attached hydrogen (secondary N) is 1. The zero-order chi connectivity index (χ0) is 13.1. The first-order valence-electron chi connectivity index (χ1n) is 7.83. The van der Waals surface area contributed by atoms with Crippen LogP contribution in [0.5, 0.6) is 0 Å². The van der Waals surface area contributed by atoms with Crippen LogP contribution < -0.4 is 5.32 Å². The van der Waals surface area contributed by atoms with Crippen LogP contribution in [-0.2, 0) is 13.1 Å². The van der Waals surface area contributed by atoms with Crippen molar-refractivity contribution in [3.05, 3.63) is 21.9 Å². The molecular formula is C16H26N2S. The van der Waals surface area contributed by atoms with Gasteiger partial charge in [0.1, 0.15) is 0 Å². The van der Waals surface area contributed by atoms with Crippen molar-refractivity contribution in [3.63, 3.8) is 0 Å². The number of fused-ring (bicyclic) bond motifs is 1. The summed E-state index contributed by atoms with van der Waals surface area (Å²) in [6.45, 7) is 3.52. The van der Waals surface area contributed by atoms with Gasteiger partial charge in [-0.2, -0.15) is 0 Å². The average Bonchev–Trinajstić information content (AvgIpc) is 2.87. The molecule has 2 fully saturated rings. The molecule has 2 atom stereocenters. The summed E-state index contributed by atoms with van der Waals surface area (Å²) in [6.07, 6.45) is 8.75. The minimum atomic E-state index is 0.886. The monoisotopic (exact) mass is 278 g/mol. The van der Waals surface area contributed by atoms with Crippen molar-refractivity contribution < 1.29 is 0 Å². The van der Waals surface area contributed by atoms with Crippen molar-refractivity contribution in [1.29, 1.82) is 0 Å². The van der Waals surface area contributed by atoms with Gasteiger partial charge in [-0.15, -0.1) is 11.3 Å². The van der Waals surface area contributed by atoms with Crippen LogP contribution in [0.2, 0.25) is 0 Å². The summed E-state index contributed by atoms with van der Waals surface area (Å²) < 4.78 is 0. The first-order chi connectivity index (χ1) is 9.36. The summed E-state index contributed by atoms with van der Waals surface area (Å²) in [6, 6.07) is 5.51. The molecule has 1 saturated heterocycles. The maximum atomic E-state index is 3.24. The molecular weight excluding hydrogens is 252 g/mol. The predicted octanol–water partition coefficient (Wildman–Crippen LogP) is 3.62. The van der Waals surface area contributed by atoms with Crippen molar-refractivity contribution in [2.24, 2.45) is 5.92 Å². The van der Waals surface area contributed by atoms with Crippen molar-refractivity contribution in [1.82, 2.24) is 10.2 Å². The van der Waals surface area contributed by atoms with Gasteiger partial charge in [-0.25, -0.2) is 0 Å². The quantitative estimate of drug-likeness (QED) is 0.905. The van der Waals surface area contributed by atoms with Crippen LogP contribution >= 0.6 is 11.3 Å². The van der Waals surface area contributed by atoms with Gasteiger partial charge in [0.15, 0.2) is 0 Å². The van der Waals surface area contributed by atoms with E-state index in [-0.39, 0.29) is 0 Å². The summed E-state index contributed by atoms with van der Waals surface area (Å²) in [5, 5.41) is 3.24. The first kappa shape index (κ1) is 13.6. The van der Waals surface area contributed by atoms with Gasteiger partial charge in [0, 0.05) is 28.9 Å². The average molecular weight is 278 g/mol. The molecule has 0 amide bonds. The van der Waals surface area contributed by atoms with Gasteiger partial charge in [-0.05, 0) is 57.3 Å². The highest BCUT2D eigenvalue weighted by molar-refractivity contribution is 7.11. The molecule has 2 aliphatic rings. The molecule has 1 aliphatic carbocycles. The van der Waals surface area contributed by atoms with E-state index in [0.29, 0.717) is 0 Å². The van der Waals surface area contributed by atoms with Gasteiger partial charge in [0.25, 0.3) is 0 Å². The normalized spacial score (nSPS) is 28.3. The topological polar surface area (TPSA) is 15.3 Å². The smallest absolute Gasteiger partial charge is 0.0331 e. The van der Waals surface area contributed by atoms with E-state index in [2.05, 4.69) is 22.3 Å². The van der Waals surface area contributed by atoms with Gasteiger partial charge in [0.05, 0.1) is 0 Å². The lowest BCUT2D eigenvalue weighted by Gasteiger charge is -2.44. The fourth-order valence-corrected chi connectivity index (χ4v) is 4.96. The molecule has 106 valence electrons. The summed E-state index contributed by atoms with van der Waals surface area (Å²) in [7, 11) is 2.02. The molecule has 2 heterocycles. The van der Waals surface area contributed by atoms with E-state index in [0.717, 1.165) is 18.5 Å². The Morgan fingerprint density at radius 3 is 2.84 bits per heavy atom. The van der Waals surface area contributed by atoms with Crippen molar-refractivity contribution in [2.75, 3.05) is 13.6 Å². The molecule has 19 heavy (non-hydrogen) atoms. The van der Waals surface area contributed by atoms with Crippen LogP contribution in [0.3, 0.4) is 0 Å². The zero-order valence-electron chi connectivity index (χ0n) is 12.0. The largest absolute Gasteiger partial charge is 0.315 e. The molecule has 0 spiro atoms. The molecule has 0 radical (unpaired) electrons. The highest BCUT2D eigenvalue weighted by atomic mass is 32.1. The second-order valence-corrected chi connectivity index (χ2v) is 7.38. The third-order valence-electron chi connectivity index (χ3n) is 4.79. The highest BCUT2D eigenvalue weighted by Gasteiger charge is 2.33. The second kappa shape index (κ2) is 6.38. The molecule has 3 rings (SSSR count). The van der Waals surface area contributed by atoms with E-state index >= 15 is 0 Å². The molecule has 0 aromatic carbocycles. The van der Waals surface area contributed by atoms with Crippen LogP contribution in [0.25, 0.3) is 0 Å². The lowest BCUT2D eigenvalue weighted by molar-refractivity contribution is 0.0555. The van der Waals surface area contributed by atoms with Gasteiger partial charge >= 0.3 is 0 Å².